The lowest BCUT2D eigenvalue weighted by Crippen LogP contribution is -2.37. The van der Waals surface area contributed by atoms with Crippen LogP contribution in [0.1, 0.15) is 10.6 Å². The van der Waals surface area contributed by atoms with Crippen molar-refractivity contribution in [3.63, 3.8) is 0 Å². The molecule has 2 amide bonds. The van der Waals surface area contributed by atoms with Crippen LogP contribution >= 0.6 is 22.9 Å². The number of rotatable bonds is 5. The Morgan fingerprint density at radius 2 is 1.96 bits per heavy atom. The number of urea groups is 1. The van der Waals surface area contributed by atoms with Crippen LogP contribution in [0.4, 0.5) is 4.79 Å². The Morgan fingerprint density at radius 1 is 1.21 bits per heavy atom. The molecule has 4 nitrogen and oxygen atoms in total. The maximum atomic E-state index is 12.2. The summed E-state index contributed by atoms with van der Waals surface area (Å²) in [5.74, 6) is 0. The van der Waals surface area contributed by atoms with Crippen molar-refractivity contribution in [2.75, 3.05) is 13.6 Å². The number of nitrogens with one attached hydrogen (secondary N) is 1. The molecule has 1 aromatic heterocycles. The van der Waals surface area contributed by atoms with Gasteiger partial charge in [0.25, 0.3) is 0 Å². The second kappa shape index (κ2) is 7.64. The van der Waals surface area contributed by atoms with E-state index in [1.807, 2.05) is 48.5 Å². The van der Waals surface area contributed by atoms with Gasteiger partial charge in [-0.2, -0.15) is 0 Å². The summed E-state index contributed by atoms with van der Waals surface area (Å²) in [6.07, 6.45) is 0.776. The zero-order chi connectivity index (χ0) is 16.9. The minimum absolute atomic E-state index is 0.0942. The molecular weight excluding hydrogens is 342 g/mol. The van der Waals surface area contributed by atoms with E-state index in [2.05, 4.69) is 10.3 Å². The fourth-order valence-electron chi connectivity index (χ4n) is 2.36. The van der Waals surface area contributed by atoms with Gasteiger partial charge in [-0.1, -0.05) is 35.9 Å². The predicted octanol–water partition coefficient (Wildman–Crippen LogP) is 4.33. The molecule has 0 bridgehead atoms. The number of para-hydroxylation sites is 1. The van der Waals surface area contributed by atoms with Gasteiger partial charge in [0, 0.05) is 18.6 Å². The average molecular weight is 360 g/mol. The molecular formula is C18H18ClN3OS. The Balaban J connectivity index is 1.50. The maximum Gasteiger partial charge on any atom is 0.317 e. The predicted molar refractivity (Wildman–Crippen MR) is 99.6 cm³/mol. The van der Waals surface area contributed by atoms with Gasteiger partial charge in [-0.25, -0.2) is 9.78 Å². The molecule has 0 saturated heterocycles. The molecule has 0 spiro atoms. The first-order valence-electron chi connectivity index (χ1n) is 7.69. The number of carbonyl (C=O) groups excluding carboxylic acids is 1. The largest absolute Gasteiger partial charge is 0.338 e. The van der Waals surface area contributed by atoms with Crippen LogP contribution in [0, 0.1) is 0 Å². The van der Waals surface area contributed by atoms with Crippen LogP contribution < -0.4 is 5.32 Å². The fourth-order valence-corrected chi connectivity index (χ4v) is 3.51. The van der Waals surface area contributed by atoms with Crippen LogP contribution in [0.2, 0.25) is 5.02 Å². The van der Waals surface area contributed by atoms with E-state index in [4.69, 9.17) is 11.6 Å². The Hall–Kier alpha value is -2.11. The van der Waals surface area contributed by atoms with Crippen LogP contribution in [0.15, 0.2) is 48.5 Å². The SMILES string of the molecule is CN(Cc1nc2ccccc2s1)C(=O)NCCc1ccc(Cl)cc1. The molecule has 0 saturated carbocycles. The number of aromatic nitrogens is 1. The van der Waals surface area contributed by atoms with Gasteiger partial charge in [0.15, 0.2) is 0 Å². The summed E-state index contributed by atoms with van der Waals surface area (Å²) < 4.78 is 1.14. The minimum atomic E-state index is -0.0942. The third-order valence-corrected chi connectivity index (χ3v) is 4.93. The molecule has 0 atom stereocenters. The molecule has 0 aliphatic carbocycles. The smallest absolute Gasteiger partial charge is 0.317 e. The van der Waals surface area contributed by atoms with Gasteiger partial charge in [-0.15, -0.1) is 11.3 Å². The lowest BCUT2D eigenvalue weighted by Gasteiger charge is -2.16. The summed E-state index contributed by atoms with van der Waals surface area (Å²) in [7, 11) is 1.78. The van der Waals surface area contributed by atoms with E-state index in [-0.39, 0.29) is 6.03 Å². The molecule has 0 radical (unpaired) electrons. The van der Waals surface area contributed by atoms with Gasteiger partial charge >= 0.3 is 6.03 Å². The average Bonchev–Trinajstić information content (AvgIpc) is 2.98. The molecule has 124 valence electrons. The molecule has 1 N–H and O–H groups in total. The minimum Gasteiger partial charge on any atom is -0.338 e. The summed E-state index contributed by atoms with van der Waals surface area (Å²) in [5.41, 5.74) is 2.13. The second-order valence-electron chi connectivity index (χ2n) is 5.54. The highest BCUT2D eigenvalue weighted by Crippen LogP contribution is 2.22. The van der Waals surface area contributed by atoms with Crippen molar-refractivity contribution in [3.8, 4) is 0 Å². The molecule has 0 fully saturated rings. The van der Waals surface area contributed by atoms with Crippen molar-refractivity contribution in [1.82, 2.24) is 15.2 Å². The monoisotopic (exact) mass is 359 g/mol. The quantitative estimate of drug-likeness (QED) is 0.736. The number of hydrogen-bond donors (Lipinski definition) is 1. The summed E-state index contributed by atoms with van der Waals surface area (Å²) in [6.45, 7) is 1.09. The van der Waals surface area contributed by atoms with Crippen LogP contribution in [0.3, 0.4) is 0 Å². The van der Waals surface area contributed by atoms with E-state index < -0.39 is 0 Å². The van der Waals surface area contributed by atoms with Crippen molar-refractivity contribution in [2.24, 2.45) is 0 Å². The number of halogens is 1. The molecule has 2 aromatic carbocycles. The van der Waals surface area contributed by atoms with Crippen molar-refractivity contribution in [1.29, 1.82) is 0 Å². The summed E-state index contributed by atoms with van der Waals surface area (Å²) in [6, 6.07) is 15.6. The molecule has 3 rings (SSSR count). The lowest BCUT2D eigenvalue weighted by molar-refractivity contribution is 0.207. The number of thiazole rings is 1. The fraction of sp³-hybridized carbons (Fsp3) is 0.222. The van der Waals surface area contributed by atoms with Crippen molar-refractivity contribution in [2.45, 2.75) is 13.0 Å². The highest BCUT2D eigenvalue weighted by molar-refractivity contribution is 7.18. The number of hydrogen-bond acceptors (Lipinski definition) is 3. The normalized spacial score (nSPS) is 10.8. The number of amides is 2. The van der Waals surface area contributed by atoms with E-state index in [0.29, 0.717) is 13.1 Å². The number of nitrogens with zero attached hydrogens (tertiary/aromatic N) is 2. The molecule has 0 aliphatic rings. The molecule has 6 heteroatoms. The standard InChI is InChI=1S/C18H18ClN3OS/c1-22(12-17-21-15-4-2-3-5-16(15)24-17)18(23)20-11-10-13-6-8-14(19)9-7-13/h2-9H,10-12H2,1H3,(H,20,23). The molecule has 3 aromatic rings. The van der Waals surface area contributed by atoms with Crippen molar-refractivity contribution in [3.05, 3.63) is 64.1 Å². The Morgan fingerprint density at radius 3 is 2.71 bits per heavy atom. The summed E-state index contributed by atoms with van der Waals surface area (Å²) >= 11 is 7.48. The van der Waals surface area contributed by atoms with Gasteiger partial charge in [-0.3, -0.25) is 0 Å². The zero-order valence-electron chi connectivity index (χ0n) is 13.3. The van der Waals surface area contributed by atoms with Gasteiger partial charge in [0.2, 0.25) is 0 Å². The van der Waals surface area contributed by atoms with Crippen LogP contribution in [-0.4, -0.2) is 29.5 Å². The third kappa shape index (κ3) is 4.24. The number of fused-ring (bicyclic) bond motifs is 1. The van der Waals surface area contributed by atoms with Crippen molar-refractivity contribution >= 4 is 39.2 Å². The van der Waals surface area contributed by atoms with Crippen LogP contribution in [0.25, 0.3) is 10.2 Å². The number of benzene rings is 2. The van der Waals surface area contributed by atoms with Gasteiger partial charge in [-0.05, 0) is 36.2 Å². The van der Waals surface area contributed by atoms with E-state index in [1.54, 1.807) is 23.3 Å². The third-order valence-electron chi connectivity index (χ3n) is 3.66. The summed E-state index contributed by atoms with van der Waals surface area (Å²) in [5, 5.41) is 4.59. The summed E-state index contributed by atoms with van der Waals surface area (Å²) in [4.78, 5) is 18.4. The Labute approximate surface area is 150 Å². The first-order valence-corrected chi connectivity index (χ1v) is 8.89. The van der Waals surface area contributed by atoms with Crippen molar-refractivity contribution < 1.29 is 4.79 Å². The van der Waals surface area contributed by atoms with Crippen LogP contribution in [-0.2, 0) is 13.0 Å². The van der Waals surface area contributed by atoms with Gasteiger partial charge < -0.3 is 10.2 Å². The van der Waals surface area contributed by atoms with E-state index in [0.717, 1.165) is 32.2 Å². The van der Waals surface area contributed by atoms with E-state index >= 15 is 0 Å². The topological polar surface area (TPSA) is 45.2 Å². The Kier molecular flexibility index (Phi) is 5.33. The van der Waals surface area contributed by atoms with Gasteiger partial charge in [0.05, 0.1) is 16.8 Å². The first-order chi connectivity index (χ1) is 11.6. The maximum absolute atomic E-state index is 12.2. The van der Waals surface area contributed by atoms with Crippen LogP contribution in [0.5, 0.6) is 0 Å². The number of carbonyl (C=O) groups is 1. The highest BCUT2D eigenvalue weighted by Gasteiger charge is 2.11. The van der Waals surface area contributed by atoms with E-state index in [9.17, 15) is 4.79 Å². The lowest BCUT2D eigenvalue weighted by atomic mass is 10.1. The molecule has 0 unspecified atom stereocenters. The Bertz CT molecular complexity index is 799. The highest BCUT2D eigenvalue weighted by atomic mass is 35.5. The van der Waals surface area contributed by atoms with Gasteiger partial charge in [0.1, 0.15) is 5.01 Å². The second-order valence-corrected chi connectivity index (χ2v) is 7.09. The van der Waals surface area contributed by atoms with E-state index in [1.165, 1.54) is 0 Å². The molecule has 24 heavy (non-hydrogen) atoms. The molecule has 0 aliphatic heterocycles. The first kappa shape index (κ1) is 16.7. The molecule has 1 heterocycles. The zero-order valence-corrected chi connectivity index (χ0v) is 14.9.